The molecule has 1 aromatic heterocycles. The van der Waals surface area contributed by atoms with Crippen LogP contribution in [0.1, 0.15) is 0 Å². The molecule has 0 aliphatic rings. The third kappa shape index (κ3) is 2.65. The van der Waals surface area contributed by atoms with Gasteiger partial charge in [-0.3, -0.25) is 0 Å². The Hall–Kier alpha value is -1.26. The van der Waals surface area contributed by atoms with Crippen molar-refractivity contribution in [1.29, 1.82) is 0 Å². The SMILES string of the molecule is Nc1cccc(Nc2ncc(Br)cc2Cl)c1. The molecule has 0 aliphatic carbocycles. The number of pyridine rings is 1. The number of hydrogen-bond acceptors (Lipinski definition) is 3. The first-order valence-electron chi connectivity index (χ1n) is 4.59. The summed E-state index contributed by atoms with van der Waals surface area (Å²) in [5.41, 5.74) is 7.22. The first-order valence-corrected chi connectivity index (χ1v) is 5.76. The first-order chi connectivity index (χ1) is 7.65. The van der Waals surface area contributed by atoms with Crippen LogP contribution >= 0.6 is 27.5 Å². The van der Waals surface area contributed by atoms with Crippen molar-refractivity contribution in [1.82, 2.24) is 4.98 Å². The molecule has 3 nitrogen and oxygen atoms in total. The predicted molar refractivity (Wildman–Crippen MR) is 71.1 cm³/mol. The fourth-order valence-electron chi connectivity index (χ4n) is 1.26. The van der Waals surface area contributed by atoms with E-state index in [-0.39, 0.29) is 0 Å². The molecule has 0 saturated carbocycles. The van der Waals surface area contributed by atoms with E-state index < -0.39 is 0 Å². The van der Waals surface area contributed by atoms with Gasteiger partial charge in [0, 0.05) is 22.0 Å². The number of nitrogen functional groups attached to an aromatic ring is 1. The third-order valence-corrected chi connectivity index (χ3v) is 2.68. The molecule has 1 aromatic carbocycles. The van der Waals surface area contributed by atoms with Gasteiger partial charge < -0.3 is 11.1 Å². The Bertz CT molecular complexity index is 516. The van der Waals surface area contributed by atoms with Gasteiger partial charge in [0.05, 0.1) is 5.02 Å². The van der Waals surface area contributed by atoms with Crippen LogP contribution in [0.25, 0.3) is 0 Å². The summed E-state index contributed by atoms with van der Waals surface area (Å²) in [6, 6.07) is 9.19. The summed E-state index contributed by atoms with van der Waals surface area (Å²) in [5, 5.41) is 3.65. The van der Waals surface area contributed by atoms with Gasteiger partial charge in [-0.1, -0.05) is 17.7 Å². The number of halogens is 2. The van der Waals surface area contributed by atoms with Crippen molar-refractivity contribution in [2.45, 2.75) is 0 Å². The second-order valence-electron chi connectivity index (χ2n) is 3.23. The Labute approximate surface area is 107 Å². The van der Waals surface area contributed by atoms with Crippen LogP contribution in [0.2, 0.25) is 5.02 Å². The molecular formula is C11H9BrClN3. The van der Waals surface area contributed by atoms with Gasteiger partial charge >= 0.3 is 0 Å². The molecular weight excluding hydrogens is 289 g/mol. The Balaban J connectivity index is 2.27. The van der Waals surface area contributed by atoms with Crippen LogP contribution in [0, 0.1) is 0 Å². The van der Waals surface area contributed by atoms with E-state index in [4.69, 9.17) is 17.3 Å². The van der Waals surface area contributed by atoms with E-state index in [1.165, 1.54) is 0 Å². The molecule has 0 fully saturated rings. The average Bonchev–Trinajstić information content (AvgIpc) is 2.22. The number of hydrogen-bond donors (Lipinski definition) is 2. The molecule has 0 bridgehead atoms. The van der Waals surface area contributed by atoms with Gasteiger partial charge in [0.15, 0.2) is 0 Å². The lowest BCUT2D eigenvalue weighted by molar-refractivity contribution is 1.29. The van der Waals surface area contributed by atoms with E-state index >= 15 is 0 Å². The Morgan fingerprint density at radius 3 is 2.81 bits per heavy atom. The van der Waals surface area contributed by atoms with Crippen molar-refractivity contribution in [3.05, 3.63) is 46.0 Å². The van der Waals surface area contributed by atoms with Gasteiger partial charge in [-0.15, -0.1) is 0 Å². The van der Waals surface area contributed by atoms with E-state index in [2.05, 4.69) is 26.2 Å². The Morgan fingerprint density at radius 2 is 2.12 bits per heavy atom. The molecule has 0 saturated heterocycles. The average molecular weight is 299 g/mol. The van der Waals surface area contributed by atoms with Crippen LogP contribution in [0.3, 0.4) is 0 Å². The van der Waals surface area contributed by atoms with Gasteiger partial charge in [0.25, 0.3) is 0 Å². The summed E-state index contributed by atoms with van der Waals surface area (Å²) in [5.74, 6) is 0.607. The lowest BCUT2D eigenvalue weighted by Gasteiger charge is -2.07. The number of benzene rings is 1. The van der Waals surface area contributed by atoms with Crippen molar-refractivity contribution >= 4 is 44.7 Å². The number of aromatic nitrogens is 1. The zero-order valence-electron chi connectivity index (χ0n) is 8.24. The third-order valence-electron chi connectivity index (χ3n) is 1.96. The van der Waals surface area contributed by atoms with E-state index in [9.17, 15) is 0 Å². The fourth-order valence-corrected chi connectivity index (χ4v) is 1.94. The highest BCUT2D eigenvalue weighted by Gasteiger charge is 2.03. The van der Waals surface area contributed by atoms with Gasteiger partial charge in [-0.25, -0.2) is 4.98 Å². The van der Waals surface area contributed by atoms with Crippen LogP contribution in [0.5, 0.6) is 0 Å². The van der Waals surface area contributed by atoms with Crippen molar-refractivity contribution in [2.75, 3.05) is 11.1 Å². The molecule has 0 spiro atoms. The van der Waals surface area contributed by atoms with Crippen molar-refractivity contribution in [3.8, 4) is 0 Å². The second-order valence-corrected chi connectivity index (χ2v) is 4.56. The van der Waals surface area contributed by atoms with Gasteiger partial charge in [0.2, 0.25) is 0 Å². The zero-order valence-corrected chi connectivity index (χ0v) is 10.6. The molecule has 2 rings (SSSR count). The summed E-state index contributed by atoms with van der Waals surface area (Å²) in [4.78, 5) is 4.17. The van der Waals surface area contributed by atoms with Crippen molar-refractivity contribution in [3.63, 3.8) is 0 Å². The minimum Gasteiger partial charge on any atom is -0.399 e. The normalized spacial score (nSPS) is 10.1. The second kappa shape index (κ2) is 4.72. The zero-order chi connectivity index (χ0) is 11.5. The molecule has 0 atom stereocenters. The maximum atomic E-state index is 6.03. The molecule has 16 heavy (non-hydrogen) atoms. The van der Waals surface area contributed by atoms with Crippen LogP contribution in [0.15, 0.2) is 41.0 Å². The lowest BCUT2D eigenvalue weighted by atomic mass is 10.3. The van der Waals surface area contributed by atoms with Crippen LogP contribution in [0.4, 0.5) is 17.2 Å². The monoisotopic (exact) mass is 297 g/mol. The van der Waals surface area contributed by atoms with Gasteiger partial charge in [-0.2, -0.15) is 0 Å². The number of rotatable bonds is 2. The summed E-state index contributed by atoms with van der Waals surface area (Å²) >= 11 is 9.33. The fraction of sp³-hybridized carbons (Fsp3) is 0. The van der Waals surface area contributed by atoms with Crippen LogP contribution in [-0.4, -0.2) is 4.98 Å². The van der Waals surface area contributed by atoms with Crippen molar-refractivity contribution < 1.29 is 0 Å². The van der Waals surface area contributed by atoms with Crippen molar-refractivity contribution in [2.24, 2.45) is 0 Å². The highest BCUT2D eigenvalue weighted by atomic mass is 79.9. The number of nitrogens with one attached hydrogen (secondary N) is 1. The number of anilines is 3. The van der Waals surface area contributed by atoms with Crippen LogP contribution in [-0.2, 0) is 0 Å². The summed E-state index contributed by atoms with van der Waals surface area (Å²) < 4.78 is 0.843. The minimum atomic E-state index is 0.553. The standard InChI is InChI=1S/C11H9BrClN3/c12-7-4-10(13)11(15-6-7)16-9-3-1-2-8(14)5-9/h1-6H,14H2,(H,15,16). The molecule has 0 radical (unpaired) electrons. The maximum Gasteiger partial charge on any atom is 0.149 e. The molecule has 0 amide bonds. The number of nitrogens with two attached hydrogens (primary N) is 1. The lowest BCUT2D eigenvalue weighted by Crippen LogP contribution is -1.95. The molecule has 0 aliphatic heterocycles. The smallest absolute Gasteiger partial charge is 0.149 e. The van der Waals surface area contributed by atoms with E-state index in [0.717, 1.165) is 10.2 Å². The Kier molecular flexibility index (Phi) is 3.31. The van der Waals surface area contributed by atoms with Gasteiger partial charge in [0.1, 0.15) is 5.82 Å². The molecule has 82 valence electrons. The Morgan fingerprint density at radius 1 is 1.31 bits per heavy atom. The van der Waals surface area contributed by atoms with E-state index in [0.29, 0.717) is 16.5 Å². The van der Waals surface area contributed by atoms with E-state index in [1.807, 2.05) is 24.3 Å². The summed E-state index contributed by atoms with van der Waals surface area (Å²) in [6.45, 7) is 0. The quantitative estimate of drug-likeness (QED) is 0.829. The van der Waals surface area contributed by atoms with Gasteiger partial charge in [-0.05, 0) is 40.2 Å². The topological polar surface area (TPSA) is 50.9 Å². The van der Waals surface area contributed by atoms with Crippen LogP contribution < -0.4 is 11.1 Å². The molecule has 5 heteroatoms. The predicted octanol–water partition coefficient (Wildman–Crippen LogP) is 3.82. The van der Waals surface area contributed by atoms with E-state index in [1.54, 1.807) is 12.3 Å². The highest BCUT2D eigenvalue weighted by Crippen LogP contribution is 2.26. The highest BCUT2D eigenvalue weighted by molar-refractivity contribution is 9.10. The largest absolute Gasteiger partial charge is 0.399 e. The molecule has 2 aromatic rings. The first kappa shape index (κ1) is 11.2. The summed E-state index contributed by atoms with van der Waals surface area (Å²) in [6.07, 6.45) is 1.68. The summed E-state index contributed by atoms with van der Waals surface area (Å²) in [7, 11) is 0. The minimum absolute atomic E-state index is 0.553. The molecule has 1 heterocycles. The maximum absolute atomic E-state index is 6.03. The number of nitrogens with zero attached hydrogens (tertiary/aromatic N) is 1. The molecule has 3 N–H and O–H groups in total. The molecule has 0 unspecified atom stereocenters.